The van der Waals surface area contributed by atoms with E-state index in [0.29, 0.717) is 17.9 Å². The van der Waals surface area contributed by atoms with E-state index in [9.17, 15) is 4.79 Å². The van der Waals surface area contributed by atoms with Crippen LogP contribution in [0.1, 0.15) is 31.7 Å². The molecule has 2 heterocycles. The molecule has 6 rings (SSSR count). The van der Waals surface area contributed by atoms with E-state index in [-0.39, 0.29) is 28.3 Å². The van der Waals surface area contributed by atoms with Gasteiger partial charge in [0.2, 0.25) is 0 Å². The summed E-state index contributed by atoms with van der Waals surface area (Å²) in [6.07, 6.45) is 7.77. The van der Waals surface area contributed by atoms with E-state index >= 15 is 0 Å². The number of esters is 1. The van der Waals surface area contributed by atoms with E-state index in [1.807, 2.05) is 0 Å². The number of rotatable bonds is 1. The predicted octanol–water partition coefficient (Wildman–Crippen LogP) is 2.81. The Morgan fingerprint density at radius 1 is 1.32 bits per heavy atom. The smallest absolute Gasteiger partial charge is 0.311 e. The van der Waals surface area contributed by atoms with E-state index in [2.05, 4.69) is 54.1 Å². The Morgan fingerprint density at radius 3 is 3.00 bits per heavy atom. The first-order valence-electron chi connectivity index (χ1n) is 9.51. The lowest BCUT2D eigenvalue weighted by atomic mass is 9.55. The highest BCUT2D eigenvalue weighted by atomic mass is 16.5. The zero-order chi connectivity index (χ0) is 17.0. The van der Waals surface area contributed by atoms with E-state index < -0.39 is 0 Å². The van der Waals surface area contributed by atoms with Crippen LogP contribution >= 0.6 is 0 Å². The largest absolute Gasteiger partial charge is 0.469 e. The molecule has 3 aliphatic carbocycles. The number of para-hydroxylation sites is 1. The van der Waals surface area contributed by atoms with Crippen molar-refractivity contribution >= 4 is 11.7 Å². The van der Waals surface area contributed by atoms with Crippen LogP contribution in [0.4, 0.5) is 5.69 Å². The molecule has 1 aromatic carbocycles. The van der Waals surface area contributed by atoms with Crippen molar-refractivity contribution in [3.63, 3.8) is 0 Å². The highest BCUT2D eigenvalue weighted by molar-refractivity contribution is 5.82. The van der Waals surface area contributed by atoms with Gasteiger partial charge in [0.25, 0.3) is 0 Å². The van der Waals surface area contributed by atoms with Crippen molar-refractivity contribution in [2.45, 2.75) is 43.2 Å². The van der Waals surface area contributed by atoms with Gasteiger partial charge < -0.3 is 15.4 Å². The maximum absolute atomic E-state index is 12.9. The molecule has 0 saturated heterocycles. The monoisotopic (exact) mass is 336 g/mol. The van der Waals surface area contributed by atoms with Crippen LogP contribution in [0.2, 0.25) is 0 Å². The van der Waals surface area contributed by atoms with Gasteiger partial charge in [0.1, 0.15) is 0 Å². The summed E-state index contributed by atoms with van der Waals surface area (Å²) in [5.74, 6) is 0.828. The van der Waals surface area contributed by atoms with E-state index in [1.54, 1.807) is 0 Å². The van der Waals surface area contributed by atoms with Crippen LogP contribution in [0.15, 0.2) is 36.5 Å². The third kappa shape index (κ3) is 1.17. The van der Waals surface area contributed by atoms with Crippen LogP contribution in [0.3, 0.4) is 0 Å². The molecular formula is C21H24N2O2. The molecule has 0 amide bonds. The third-order valence-corrected chi connectivity index (χ3v) is 8.64. The van der Waals surface area contributed by atoms with Crippen LogP contribution < -0.4 is 10.6 Å². The number of benzene rings is 1. The van der Waals surface area contributed by atoms with Gasteiger partial charge in [-0.15, -0.1) is 0 Å². The van der Waals surface area contributed by atoms with Crippen molar-refractivity contribution in [2.75, 3.05) is 12.4 Å². The fourth-order valence-electron chi connectivity index (χ4n) is 8.13. The summed E-state index contributed by atoms with van der Waals surface area (Å²) in [6.45, 7) is 2.37. The van der Waals surface area contributed by atoms with Gasteiger partial charge in [-0.25, -0.2) is 0 Å². The quantitative estimate of drug-likeness (QED) is 0.775. The van der Waals surface area contributed by atoms with Crippen LogP contribution in [0.25, 0.3) is 0 Å². The van der Waals surface area contributed by atoms with Gasteiger partial charge >= 0.3 is 5.97 Å². The fourth-order valence-corrected chi connectivity index (χ4v) is 8.13. The maximum Gasteiger partial charge on any atom is 0.311 e. The number of methoxy groups -OCH3 is 1. The second-order valence-electron chi connectivity index (χ2n) is 8.75. The summed E-state index contributed by atoms with van der Waals surface area (Å²) in [7, 11) is 1.54. The van der Waals surface area contributed by atoms with Gasteiger partial charge in [0, 0.05) is 28.5 Å². The van der Waals surface area contributed by atoms with E-state index in [0.717, 1.165) is 12.8 Å². The Labute approximate surface area is 148 Å². The Morgan fingerprint density at radius 2 is 2.16 bits per heavy atom. The Balaban J connectivity index is 1.69. The molecule has 2 aliphatic heterocycles. The SMILES string of the molecule is COC(=O)[C@@H]1C[C@@]23C=CN[C@@H]4CC[C@]5(c6ccccc6N[C@@]15[C@@H]2C)[C@@H]43. The van der Waals surface area contributed by atoms with Gasteiger partial charge in [-0.3, -0.25) is 4.79 Å². The van der Waals surface area contributed by atoms with Gasteiger partial charge in [0.05, 0.1) is 18.6 Å². The summed E-state index contributed by atoms with van der Waals surface area (Å²) in [5, 5.41) is 7.57. The molecule has 2 N–H and O–H groups in total. The van der Waals surface area contributed by atoms with Gasteiger partial charge in [-0.05, 0) is 43.0 Å². The number of ether oxygens (including phenoxy) is 1. The lowest BCUT2D eigenvalue weighted by molar-refractivity contribution is -0.149. The molecule has 3 spiro atoms. The zero-order valence-corrected chi connectivity index (χ0v) is 14.7. The van der Waals surface area contributed by atoms with Gasteiger partial charge in [0.15, 0.2) is 0 Å². The number of carbonyl (C=O) groups is 1. The minimum absolute atomic E-state index is 0.0303. The minimum atomic E-state index is -0.223. The summed E-state index contributed by atoms with van der Waals surface area (Å²) in [6, 6.07) is 9.27. The van der Waals surface area contributed by atoms with Crippen molar-refractivity contribution in [2.24, 2.45) is 23.2 Å². The highest BCUT2D eigenvalue weighted by Gasteiger charge is 2.85. The molecule has 3 fully saturated rings. The molecule has 0 unspecified atom stereocenters. The Kier molecular flexibility index (Phi) is 2.31. The molecular weight excluding hydrogens is 312 g/mol. The molecule has 5 aliphatic rings. The lowest BCUT2D eigenvalue weighted by Crippen LogP contribution is -2.61. The number of hydrogen-bond donors (Lipinski definition) is 2. The molecule has 7 atom stereocenters. The summed E-state index contributed by atoms with van der Waals surface area (Å²) in [5.41, 5.74) is 2.56. The second kappa shape index (κ2) is 4.05. The minimum Gasteiger partial charge on any atom is -0.469 e. The second-order valence-corrected chi connectivity index (χ2v) is 8.75. The molecule has 1 aromatic rings. The molecule has 130 valence electrons. The number of nitrogens with one attached hydrogen (secondary N) is 2. The Bertz CT molecular complexity index is 835. The molecule has 4 nitrogen and oxygen atoms in total. The summed E-state index contributed by atoms with van der Waals surface area (Å²) < 4.78 is 5.30. The van der Waals surface area contributed by atoms with Gasteiger partial charge in [-0.1, -0.05) is 31.2 Å². The summed E-state index contributed by atoms with van der Waals surface area (Å²) in [4.78, 5) is 12.9. The first-order chi connectivity index (χ1) is 12.1. The van der Waals surface area contributed by atoms with Crippen molar-refractivity contribution in [3.05, 3.63) is 42.1 Å². The molecule has 0 radical (unpaired) electrons. The number of anilines is 1. The lowest BCUT2D eigenvalue weighted by Gasteiger charge is -2.50. The maximum atomic E-state index is 12.9. The zero-order valence-electron chi connectivity index (χ0n) is 14.7. The first-order valence-corrected chi connectivity index (χ1v) is 9.51. The molecule has 4 heteroatoms. The van der Waals surface area contributed by atoms with Crippen LogP contribution in [0.5, 0.6) is 0 Å². The van der Waals surface area contributed by atoms with Crippen LogP contribution in [-0.4, -0.2) is 24.7 Å². The Hall–Kier alpha value is -1.97. The average molecular weight is 336 g/mol. The number of hydrogen-bond acceptors (Lipinski definition) is 4. The fraction of sp³-hybridized carbons (Fsp3) is 0.571. The normalized spacial score (nSPS) is 49.8. The van der Waals surface area contributed by atoms with Crippen LogP contribution in [-0.2, 0) is 14.9 Å². The predicted molar refractivity (Wildman–Crippen MR) is 95.0 cm³/mol. The standard InChI is InChI=1S/C21H24N2O2/c1-12-19-9-10-22-16-7-8-20(17(16)19)13-5-3-4-6-15(13)23-21(12,20)14(11-19)18(24)25-2/h3-6,9-10,12,14,16-17,22-23H,7-8,11H2,1-2H3/t12-,14+,16-,17+,19+,20+,21+/m1/s1. The molecule has 3 saturated carbocycles. The van der Waals surface area contributed by atoms with Gasteiger partial charge in [-0.2, -0.15) is 0 Å². The number of carbonyl (C=O) groups excluding carboxylic acids is 1. The highest BCUT2D eigenvalue weighted by Crippen LogP contribution is 2.81. The average Bonchev–Trinajstić information content (AvgIpc) is 3.29. The molecule has 2 bridgehead atoms. The first kappa shape index (κ1) is 14.2. The van der Waals surface area contributed by atoms with Crippen molar-refractivity contribution in [1.29, 1.82) is 0 Å². The molecule has 25 heavy (non-hydrogen) atoms. The topological polar surface area (TPSA) is 50.4 Å². The third-order valence-electron chi connectivity index (χ3n) is 8.64. The van der Waals surface area contributed by atoms with Crippen LogP contribution in [0, 0.1) is 23.2 Å². The van der Waals surface area contributed by atoms with E-state index in [4.69, 9.17) is 4.74 Å². The van der Waals surface area contributed by atoms with Crippen molar-refractivity contribution in [3.8, 4) is 0 Å². The number of allylic oxidation sites excluding steroid dienone is 1. The van der Waals surface area contributed by atoms with Crippen molar-refractivity contribution in [1.82, 2.24) is 5.32 Å². The number of fused-ring (bicyclic) bond motifs is 1. The van der Waals surface area contributed by atoms with Crippen molar-refractivity contribution < 1.29 is 9.53 Å². The molecule has 0 aromatic heterocycles. The van der Waals surface area contributed by atoms with E-state index in [1.165, 1.54) is 24.8 Å². The summed E-state index contributed by atoms with van der Waals surface area (Å²) >= 11 is 0.